The minimum atomic E-state index is -4.41. The van der Waals surface area contributed by atoms with E-state index < -0.39 is 17.4 Å². The molecule has 16 heavy (non-hydrogen) atoms. The molecule has 0 aliphatic heterocycles. The van der Waals surface area contributed by atoms with Gasteiger partial charge in [-0.2, -0.15) is 13.2 Å². The third-order valence-corrected chi connectivity index (χ3v) is 2.38. The molecule has 0 amide bonds. The maximum atomic E-state index is 12.6. The molecular formula is C12H19F3O. The Morgan fingerprint density at radius 3 is 2.00 bits per heavy atom. The van der Waals surface area contributed by atoms with Gasteiger partial charge in [0.25, 0.3) is 0 Å². The van der Waals surface area contributed by atoms with E-state index in [1.807, 2.05) is 6.92 Å². The monoisotopic (exact) mass is 236 g/mol. The SMILES string of the molecule is C=C/C(=C(\CC)OC(C)(C)CC)C(F)(F)F. The molecule has 0 radical (unpaired) electrons. The van der Waals surface area contributed by atoms with Gasteiger partial charge in [-0.1, -0.05) is 26.5 Å². The number of halogens is 3. The summed E-state index contributed by atoms with van der Waals surface area (Å²) in [6, 6.07) is 0. The number of alkyl halides is 3. The van der Waals surface area contributed by atoms with Crippen molar-refractivity contribution in [1.29, 1.82) is 0 Å². The van der Waals surface area contributed by atoms with E-state index in [1.165, 1.54) is 0 Å². The summed E-state index contributed by atoms with van der Waals surface area (Å²) in [6.07, 6.45) is -2.76. The highest BCUT2D eigenvalue weighted by molar-refractivity contribution is 5.25. The van der Waals surface area contributed by atoms with Crippen molar-refractivity contribution >= 4 is 0 Å². The van der Waals surface area contributed by atoms with Crippen molar-refractivity contribution < 1.29 is 17.9 Å². The molecule has 0 rings (SSSR count). The van der Waals surface area contributed by atoms with Gasteiger partial charge < -0.3 is 4.74 Å². The van der Waals surface area contributed by atoms with Crippen LogP contribution in [0.25, 0.3) is 0 Å². The molecule has 0 bridgehead atoms. The van der Waals surface area contributed by atoms with Crippen LogP contribution in [0.15, 0.2) is 24.0 Å². The van der Waals surface area contributed by atoms with Crippen LogP contribution in [0.2, 0.25) is 0 Å². The van der Waals surface area contributed by atoms with Crippen LogP contribution in [0.1, 0.15) is 40.5 Å². The van der Waals surface area contributed by atoms with Crippen LogP contribution in [0, 0.1) is 0 Å². The lowest BCUT2D eigenvalue weighted by Crippen LogP contribution is -2.25. The van der Waals surface area contributed by atoms with Crippen LogP contribution in [-0.4, -0.2) is 11.8 Å². The minimum Gasteiger partial charge on any atom is -0.492 e. The molecule has 0 saturated carbocycles. The number of hydrogen-bond acceptors (Lipinski definition) is 1. The largest absolute Gasteiger partial charge is 0.492 e. The molecule has 0 fully saturated rings. The fourth-order valence-electron chi connectivity index (χ4n) is 1.11. The van der Waals surface area contributed by atoms with Crippen molar-refractivity contribution in [2.24, 2.45) is 0 Å². The predicted octanol–water partition coefficient (Wildman–Crippen LogP) is 4.60. The molecule has 0 spiro atoms. The smallest absolute Gasteiger partial charge is 0.419 e. The zero-order chi connectivity index (χ0) is 13.0. The molecular weight excluding hydrogens is 217 g/mol. The lowest BCUT2D eigenvalue weighted by Gasteiger charge is -2.28. The van der Waals surface area contributed by atoms with E-state index >= 15 is 0 Å². The zero-order valence-corrected chi connectivity index (χ0v) is 10.2. The summed E-state index contributed by atoms with van der Waals surface area (Å²) in [5, 5.41) is 0. The van der Waals surface area contributed by atoms with Gasteiger partial charge in [0, 0.05) is 6.42 Å². The highest BCUT2D eigenvalue weighted by atomic mass is 19.4. The lowest BCUT2D eigenvalue weighted by molar-refractivity contribution is -0.0950. The van der Waals surface area contributed by atoms with Gasteiger partial charge in [-0.3, -0.25) is 0 Å². The molecule has 0 heterocycles. The van der Waals surface area contributed by atoms with Gasteiger partial charge >= 0.3 is 6.18 Å². The molecule has 0 aromatic carbocycles. The summed E-state index contributed by atoms with van der Waals surface area (Å²) in [4.78, 5) is 0. The second kappa shape index (κ2) is 5.41. The lowest BCUT2D eigenvalue weighted by atomic mass is 10.1. The van der Waals surface area contributed by atoms with Crippen LogP contribution in [0.4, 0.5) is 13.2 Å². The molecule has 0 N–H and O–H groups in total. The van der Waals surface area contributed by atoms with E-state index in [1.54, 1.807) is 20.8 Å². The van der Waals surface area contributed by atoms with Gasteiger partial charge in [0.05, 0.1) is 5.57 Å². The number of rotatable bonds is 5. The third-order valence-electron chi connectivity index (χ3n) is 2.38. The molecule has 0 atom stereocenters. The van der Waals surface area contributed by atoms with E-state index in [4.69, 9.17) is 4.74 Å². The first-order valence-corrected chi connectivity index (χ1v) is 5.29. The van der Waals surface area contributed by atoms with Crippen molar-refractivity contribution in [2.45, 2.75) is 52.3 Å². The molecule has 94 valence electrons. The van der Waals surface area contributed by atoms with E-state index in [2.05, 4.69) is 6.58 Å². The molecule has 1 nitrogen and oxygen atoms in total. The number of hydrogen-bond donors (Lipinski definition) is 0. The zero-order valence-electron chi connectivity index (χ0n) is 10.2. The van der Waals surface area contributed by atoms with Crippen molar-refractivity contribution in [1.82, 2.24) is 0 Å². The first kappa shape index (κ1) is 15.1. The van der Waals surface area contributed by atoms with E-state index in [0.717, 1.165) is 6.08 Å². The Morgan fingerprint density at radius 1 is 1.25 bits per heavy atom. The summed E-state index contributed by atoms with van der Waals surface area (Å²) >= 11 is 0. The highest BCUT2D eigenvalue weighted by Gasteiger charge is 2.35. The molecule has 0 aromatic rings. The average molecular weight is 236 g/mol. The molecule has 4 heteroatoms. The Bertz CT molecular complexity index is 274. The van der Waals surface area contributed by atoms with E-state index in [0.29, 0.717) is 6.42 Å². The Labute approximate surface area is 95.0 Å². The summed E-state index contributed by atoms with van der Waals surface area (Å²) in [7, 11) is 0. The summed E-state index contributed by atoms with van der Waals surface area (Å²) in [5.74, 6) is -0.0469. The highest BCUT2D eigenvalue weighted by Crippen LogP contribution is 2.33. The Balaban J connectivity index is 5.22. The fraction of sp³-hybridized carbons (Fsp3) is 0.667. The molecule has 0 aliphatic carbocycles. The Kier molecular flexibility index (Phi) is 5.10. The average Bonchev–Trinajstić information content (AvgIpc) is 2.15. The summed E-state index contributed by atoms with van der Waals surface area (Å²) in [6.45, 7) is 10.2. The molecule has 0 aliphatic rings. The first-order valence-electron chi connectivity index (χ1n) is 5.29. The Morgan fingerprint density at radius 2 is 1.75 bits per heavy atom. The first-order chi connectivity index (χ1) is 7.18. The maximum Gasteiger partial charge on any atom is 0.419 e. The number of allylic oxidation sites excluding steroid dienone is 3. The van der Waals surface area contributed by atoms with Crippen LogP contribution in [-0.2, 0) is 4.74 Å². The third kappa shape index (κ3) is 4.29. The van der Waals surface area contributed by atoms with Gasteiger partial charge in [0.2, 0.25) is 0 Å². The molecule has 0 unspecified atom stereocenters. The quantitative estimate of drug-likeness (QED) is 0.500. The van der Waals surface area contributed by atoms with Gasteiger partial charge in [0.1, 0.15) is 11.4 Å². The normalized spacial score (nSPS) is 14.4. The van der Waals surface area contributed by atoms with Crippen LogP contribution in [0.5, 0.6) is 0 Å². The van der Waals surface area contributed by atoms with Gasteiger partial charge in [0.15, 0.2) is 0 Å². The second-order valence-corrected chi connectivity index (χ2v) is 4.11. The van der Waals surface area contributed by atoms with Crippen molar-refractivity contribution in [2.75, 3.05) is 0 Å². The van der Waals surface area contributed by atoms with Gasteiger partial charge in [-0.25, -0.2) is 0 Å². The summed E-state index contributed by atoms with van der Waals surface area (Å²) < 4.78 is 43.3. The number of ether oxygens (including phenoxy) is 1. The van der Waals surface area contributed by atoms with Crippen molar-refractivity contribution in [3.05, 3.63) is 24.0 Å². The van der Waals surface area contributed by atoms with Crippen LogP contribution >= 0.6 is 0 Å². The maximum absolute atomic E-state index is 12.6. The van der Waals surface area contributed by atoms with E-state index in [9.17, 15) is 13.2 Å². The predicted molar refractivity (Wildman–Crippen MR) is 59.0 cm³/mol. The standard InChI is InChI=1S/C12H19F3O/c1-6-9(12(13,14)15)10(7-2)16-11(4,5)8-3/h6H,1,7-8H2,2-5H3/b10-9-. The fourth-order valence-corrected chi connectivity index (χ4v) is 1.11. The minimum absolute atomic E-state index is 0.0469. The van der Waals surface area contributed by atoms with Crippen molar-refractivity contribution in [3.8, 4) is 0 Å². The summed E-state index contributed by atoms with van der Waals surface area (Å²) in [5.41, 5.74) is -1.37. The van der Waals surface area contributed by atoms with E-state index in [-0.39, 0.29) is 12.2 Å². The molecule has 0 aromatic heterocycles. The van der Waals surface area contributed by atoms with Gasteiger partial charge in [-0.05, 0) is 20.3 Å². The van der Waals surface area contributed by atoms with Crippen molar-refractivity contribution in [3.63, 3.8) is 0 Å². The second-order valence-electron chi connectivity index (χ2n) is 4.11. The topological polar surface area (TPSA) is 9.23 Å². The van der Waals surface area contributed by atoms with Crippen LogP contribution in [0.3, 0.4) is 0 Å². The van der Waals surface area contributed by atoms with Crippen LogP contribution < -0.4 is 0 Å². The van der Waals surface area contributed by atoms with Gasteiger partial charge in [-0.15, -0.1) is 0 Å². The Hall–Kier alpha value is -0.930. The molecule has 0 saturated heterocycles.